The normalized spacial score (nSPS) is 11.8. The van der Waals surface area contributed by atoms with Gasteiger partial charge in [-0.15, -0.1) is 0 Å². The van der Waals surface area contributed by atoms with E-state index in [4.69, 9.17) is 32.7 Å². The van der Waals surface area contributed by atoms with E-state index in [1.165, 1.54) is 61.6 Å². The number of amides is 2. The SMILES string of the molecule is CCNC(=O)C(C)N(Cc1ccc(Cl)cc1)C(=O)CN(c1ccc(Cl)cc1)S(=O)(=O)c1ccc(OC)c(OC)c1. The van der Waals surface area contributed by atoms with Crippen molar-refractivity contribution in [1.82, 2.24) is 10.2 Å². The Bertz CT molecular complexity index is 1430. The quantitative estimate of drug-likeness (QED) is 0.318. The summed E-state index contributed by atoms with van der Waals surface area (Å²) in [5.74, 6) is -0.404. The first-order valence-corrected chi connectivity index (χ1v) is 14.5. The Balaban J connectivity index is 2.06. The highest BCUT2D eigenvalue weighted by Crippen LogP contribution is 2.32. The van der Waals surface area contributed by atoms with Crippen molar-refractivity contribution in [2.75, 3.05) is 31.6 Å². The summed E-state index contributed by atoms with van der Waals surface area (Å²) in [6.07, 6.45) is 0. The molecule has 0 saturated heterocycles. The second kappa shape index (κ2) is 13.7. The summed E-state index contributed by atoms with van der Waals surface area (Å²) in [5.41, 5.74) is 0.930. The molecule has 0 fully saturated rings. The third kappa shape index (κ3) is 7.38. The summed E-state index contributed by atoms with van der Waals surface area (Å²) in [7, 11) is -1.46. The zero-order valence-electron chi connectivity index (χ0n) is 22.6. The lowest BCUT2D eigenvalue weighted by Gasteiger charge is -2.32. The molecule has 9 nitrogen and oxygen atoms in total. The van der Waals surface area contributed by atoms with Crippen LogP contribution in [0.3, 0.4) is 0 Å². The highest BCUT2D eigenvalue weighted by Gasteiger charge is 2.33. The highest BCUT2D eigenvalue weighted by atomic mass is 35.5. The lowest BCUT2D eigenvalue weighted by molar-refractivity contribution is -0.139. The van der Waals surface area contributed by atoms with Crippen LogP contribution in [0.25, 0.3) is 0 Å². The molecule has 0 spiro atoms. The third-order valence-electron chi connectivity index (χ3n) is 6.12. The first-order valence-electron chi connectivity index (χ1n) is 12.3. The van der Waals surface area contributed by atoms with Gasteiger partial charge in [-0.3, -0.25) is 13.9 Å². The monoisotopic (exact) mass is 607 g/mol. The van der Waals surface area contributed by atoms with Crippen molar-refractivity contribution in [3.63, 3.8) is 0 Å². The molecule has 0 aliphatic rings. The molecule has 0 aliphatic heterocycles. The number of likely N-dealkylation sites (N-methyl/N-ethyl adjacent to an activating group) is 1. The van der Waals surface area contributed by atoms with Crippen LogP contribution in [0.5, 0.6) is 11.5 Å². The number of sulfonamides is 1. The fourth-order valence-corrected chi connectivity index (χ4v) is 5.61. The molecule has 2 amide bonds. The number of nitrogens with zero attached hydrogens (tertiary/aromatic N) is 2. The zero-order chi connectivity index (χ0) is 29.4. The Morgan fingerprint density at radius 3 is 2.02 bits per heavy atom. The van der Waals surface area contributed by atoms with Crippen molar-refractivity contribution in [1.29, 1.82) is 0 Å². The summed E-state index contributed by atoms with van der Waals surface area (Å²) >= 11 is 12.1. The van der Waals surface area contributed by atoms with Gasteiger partial charge >= 0.3 is 0 Å². The van der Waals surface area contributed by atoms with E-state index in [-0.39, 0.29) is 28.8 Å². The number of carbonyl (C=O) groups excluding carboxylic acids is 2. The molecule has 1 atom stereocenters. The van der Waals surface area contributed by atoms with Gasteiger partial charge in [-0.25, -0.2) is 8.42 Å². The Labute approximate surface area is 244 Å². The van der Waals surface area contributed by atoms with Crippen LogP contribution in [0.2, 0.25) is 10.0 Å². The molecule has 0 heterocycles. The summed E-state index contributed by atoms with van der Waals surface area (Å²) in [6.45, 7) is 3.20. The van der Waals surface area contributed by atoms with Gasteiger partial charge in [0.05, 0.1) is 24.8 Å². The number of methoxy groups -OCH3 is 2. The van der Waals surface area contributed by atoms with Crippen LogP contribution in [-0.2, 0) is 26.2 Å². The molecule has 40 heavy (non-hydrogen) atoms. The average Bonchev–Trinajstić information content (AvgIpc) is 2.95. The molecule has 0 radical (unpaired) electrons. The second-order valence-corrected chi connectivity index (χ2v) is 11.5. The molecule has 3 aromatic carbocycles. The van der Waals surface area contributed by atoms with Crippen LogP contribution < -0.4 is 19.1 Å². The third-order valence-corrected chi connectivity index (χ3v) is 8.39. The van der Waals surface area contributed by atoms with Gasteiger partial charge in [-0.2, -0.15) is 0 Å². The largest absolute Gasteiger partial charge is 0.493 e. The van der Waals surface area contributed by atoms with E-state index in [1.54, 1.807) is 38.1 Å². The van der Waals surface area contributed by atoms with E-state index >= 15 is 0 Å². The van der Waals surface area contributed by atoms with E-state index in [1.807, 2.05) is 0 Å². The number of hydrogen-bond donors (Lipinski definition) is 1. The first-order chi connectivity index (χ1) is 19.0. The Hall–Kier alpha value is -3.47. The lowest BCUT2D eigenvalue weighted by Crippen LogP contribution is -2.51. The molecule has 0 aliphatic carbocycles. The maximum Gasteiger partial charge on any atom is 0.264 e. The van der Waals surface area contributed by atoms with E-state index in [2.05, 4.69) is 5.32 Å². The molecular weight excluding hydrogens is 577 g/mol. The topological polar surface area (TPSA) is 105 Å². The fourth-order valence-electron chi connectivity index (χ4n) is 3.93. The number of rotatable bonds is 12. The summed E-state index contributed by atoms with van der Waals surface area (Å²) in [6, 6.07) is 16.2. The van der Waals surface area contributed by atoms with Gasteiger partial charge in [-0.05, 0) is 67.9 Å². The van der Waals surface area contributed by atoms with Gasteiger partial charge in [0.2, 0.25) is 11.8 Å². The minimum Gasteiger partial charge on any atom is -0.493 e. The predicted molar refractivity (Wildman–Crippen MR) is 156 cm³/mol. The van der Waals surface area contributed by atoms with Gasteiger partial charge in [0.25, 0.3) is 10.0 Å². The van der Waals surface area contributed by atoms with Crippen molar-refractivity contribution in [2.45, 2.75) is 31.3 Å². The minimum atomic E-state index is -4.30. The fraction of sp³-hybridized carbons (Fsp3) is 0.286. The van der Waals surface area contributed by atoms with E-state index in [0.29, 0.717) is 22.3 Å². The average molecular weight is 609 g/mol. The molecular formula is C28H31Cl2N3O6S. The second-order valence-electron chi connectivity index (χ2n) is 8.72. The number of halogens is 2. The number of carbonyl (C=O) groups is 2. The van der Waals surface area contributed by atoms with E-state index in [0.717, 1.165) is 9.87 Å². The summed E-state index contributed by atoms with van der Waals surface area (Å²) in [4.78, 5) is 27.9. The molecule has 3 rings (SSSR count). The molecule has 12 heteroatoms. The maximum atomic E-state index is 14.0. The first kappa shape index (κ1) is 31.1. The zero-order valence-corrected chi connectivity index (χ0v) is 24.9. The van der Waals surface area contributed by atoms with Crippen molar-refractivity contribution >= 4 is 50.7 Å². The maximum absolute atomic E-state index is 14.0. The Morgan fingerprint density at radius 1 is 0.900 bits per heavy atom. The summed E-state index contributed by atoms with van der Waals surface area (Å²) < 4.78 is 39.5. The van der Waals surface area contributed by atoms with Crippen LogP contribution in [0, 0.1) is 0 Å². The van der Waals surface area contributed by atoms with Crippen molar-refractivity contribution in [3.05, 3.63) is 82.3 Å². The number of benzene rings is 3. The van der Waals surface area contributed by atoms with Crippen LogP contribution in [0.1, 0.15) is 19.4 Å². The van der Waals surface area contributed by atoms with Crippen LogP contribution in [0.15, 0.2) is 71.6 Å². The van der Waals surface area contributed by atoms with Crippen LogP contribution >= 0.6 is 23.2 Å². The Kier molecular flexibility index (Phi) is 10.7. The molecule has 1 unspecified atom stereocenters. The highest BCUT2D eigenvalue weighted by molar-refractivity contribution is 7.92. The van der Waals surface area contributed by atoms with Crippen LogP contribution in [0.4, 0.5) is 5.69 Å². The molecule has 0 bridgehead atoms. The van der Waals surface area contributed by atoms with Crippen molar-refractivity contribution < 1.29 is 27.5 Å². The lowest BCUT2D eigenvalue weighted by atomic mass is 10.1. The Morgan fingerprint density at radius 2 is 1.48 bits per heavy atom. The van der Waals surface area contributed by atoms with Gasteiger partial charge in [0.15, 0.2) is 11.5 Å². The standard InChI is InChI=1S/C28H31Cl2N3O6S/c1-5-31-28(35)19(2)32(17-20-6-8-21(29)9-7-20)27(34)18-33(23-12-10-22(30)11-13-23)40(36,37)24-14-15-25(38-3)26(16-24)39-4/h6-16,19H,5,17-18H2,1-4H3,(H,31,35). The van der Waals surface area contributed by atoms with Crippen LogP contribution in [-0.4, -0.2) is 58.5 Å². The van der Waals surface area contributed by atoms with Gasteiger partial charge in [0.1, 0.15) is 12.6 Å². The van der Waals surface area contributed by atoms with Gasteiger partial charge in [0, 0.05) is 29.2 Å². The van der Waals surface area contributed by atoms with E-state index < -0.39 is 28.5 Å². The number of anilines is 1. The van der Waals surface area contributed by atoms with Gasteiger partial charge < -0.3 is 19.7 Å². The number of ether oxygens (including phenoxy) is 2. The minimum absolute atomic E-state index is 0.0547. The molecule has 214 valence electrons. The molecule has 1 N–H and O–H groups in total. The number of hydrogen-bond acceptors (Lipinski definition) is 6. The van der Waals surface area contributed by atoms with Crippen molar-refractivity contribution in [3.8, 4) is 11.5 Å². The van der Waals surface area contributed by atoms with E-state index in [9.17, 15) is 18.0 Å². The predicted octanol–water partition coefficient (Wildman–Crippen LogP) is 4.76. The smallest absolute Gasteiger partial charge is 0.264 e. The van der Waals surface area contributed by atoms with Crippen molar-refractivity contribution in [2.24, 2.45) is 0 Å². The molecule has 3 aromatic rings. The van der Waals surface area contributed by atoms with Gasteiger partial charge in [-0.1, -0.05) is 35.3 Å². The number of nitrogens with one attached hydrogen (secondary N) is 1. The molecule has 0 saturated carbocycles. The summed E-state index contributed by atoms with van der Waals surface area (Å²) in [5, 5.41) is 3.64. The molecule has 0 aromatic heterocycles.